The minimum Gasteiger partial charge on any atom is -0.508 e. The van der Waals surface area contributed by atoms with Crippen molar-refractivity contribution in [3.8, 4) is 11.8 Å². The first kappa shape index (κ1) is 14.8. The first-order valence-electron chi connectivity index (χ1n) is 6.22. The molecule has 4 heteroatoms. The Morgan fingerprint density at radius 2 is 2.05 bits per heavy atom. The van der Waals surface area contributed by atoms with Gasteiger partial charge < -0.3 is 10.4 Å². The molecular weight excluding hydrogens is 240 g/mol. The van der Waals surface area contributed by atoms with Crippen molar-refractivity contribution in [1.29, 1.82) is 5.26 Å². The second-order valence-electron chi connectivity index (χ2n) is 4.70. The number of phenols is 1. The zero-order valence-corrected chi connectivity index (χ0v) is 11.2. The average molecular weight is 258 g/mol. The summed E-state index contributed by atoms with van der Waals surface area (Å²) in [5.74, 6) is 0.292. The minimum atomic E-state index is -0.365. The zero-order chi connectivity index (χ0) is 14.3. The van der Waals surface area contributed by atoms with Crippen LogP contribution in [0.3, 0.4) is 0 Å². The largest absolute Gasteiger partial charge is 0.508 e. The van der Waals surface area contributed by atoms with Gasteiger partial charge >= 0.3 is 0 Å². The first-order valence-corrected chi connectivity index (χ1v) is 6.22. The van der Waals surface area contributed by atoms with Crippen molar-refractivity contribution in [3.63, 3.8) is 0 Å². The number of amides is 1. The molecule has 19 heavy (non-hydrogen) atoms. The molecule has 1 aromatic carbocycles. The van der Waals surface area contributed by atoms with E-state index in [2.05, 4.69) is 19.2 Å². The Morgan fingerprint density at radius 3 is 2.58 bits per heavy atom. The van der Waals surface area contributed by atoms with E-state index in [4.69, 9.17) is 10.4 Å². The number of carbonyl (C=O) groups is 1. The number of carbonyl (C=O) groups excluding carboxylic acids is 1. The van der Waals surface area contributed by atoms with Gasteiger partial charge in [-0.1, -0.05) is 26.0 Å². The Morgan fingerprint density at radius 1 is 1.42 bits per heavy atom. The summed E-state index contributed by atoms with van der Waals surface area (Å²) in [6, 6.07) is 8.21. The van der Waals surface area contributed by atoms with Crippen molar-refractivity contribution in [2.45, 2.75) is 20.3 Å². The number of hydrogen-bond donors (Lipinski definition) is 2. The summed E-state index contributed by atoms with van der Waals surface area (Å²) in [6.45, 7) is 4.71. The standard InChI is InChI=1S/C15H18N2O2/c1-11(2)7-8-17-15(19)13(10-16)9-12-3-5-14(18)6-4-12/h3-6,9,11,18H,7-8H2,1-2H3,(H,17,19)/b13-9+. The molecule has 0 heterocycles. The molecule has 0 unspecified atom stereocenters. The highest BCUT2D eigenvalue weighted by molar-refractivity contribution is 6.01. The smallest absolute Gasteiger partial charge is 0.261 e. The molecule has 1 amide bonds. The average Bonchev–Trinajstić information content (AvgIpc) is 2.37. The minimum absolute atomic E-state index is 0.0643. The van der Waals surface area contributed by atoms with Crippen molar-refractivity contribution in [1.82, 2.24) is 5.32 Å². The number of nitriles is 1. The number of nitrogens with zero attached hydrogens (tertiary/aromatic N) is 1. The van der Waals surface area contributed by atoms with Crippen molar-refractivity contribution in [2.24, 2.45) is 5.92 Å². The number of rotatable bonds is 5. The van der Waals surface area contributed by atoms with Gasteiger partial charge in [0.1, 0.15) is 17.4 Å². The summed E-state index contributed by atoms with van der Waals surface area (Å²) >= 11 is 0. The summed E-state index contributed by atoms with van der Waals surface area (Å²) in [4.78, 5) is 11.8. The van der Waals surface area contributed by atoms with Crippen LogP contribution >= 0.6 is 0 Å². The van der Waals surface area contributed by atoms with Crippen LogP contribution in [0.2, 0.25) is 0 Å². The number of aromatic hydroxyl groups is 1. The summed E-state index contributed by atoms with van der Waals surface area (Å²) in [7, 11) is 0. The maximum atomic E-state index is 11.8. The van der Waals surface area contributed by atoms with E-state index in [1.807, 2.05) is 6.07 Å². The van der Waals surface area contributed by atoms with Crippen molar-refractivity contribution in [2.75, 3.05) is 6.54 Å². The zero-order valence-electron chi connectivity index (χ0n) is 11.2. The number of phenolic OH excluding ortho intramolecular Hbond substituents is 1. The summed E-state index contributed by atoms with van der Waals surface area (Å²) in [6.07, 6.45) is 2.38. The quantitative estimate of drug-likeness (QED) is 0.629. The molecule has 1 rings (SSSR count). The Bertz CT molecular complexity index is 496. The number of benzene rings is 1. The van der Waals surface area contributed by atoms with Crippen LogP contribution < -0.4 is 5.32 Å². The molecule has 0 saturated carbocycles. The molecule has 0 aliphatic rings. The molecule has 0 atom stereocenters. The Hall–Kier alpha value is -2.28. The van der Waals surface area contributed by atoms with Crippen molar-refractivity contribution >= 4 is 12.0 Å². The first-order chi connectivity index (χ1) is 9.02. The molecule has 0 spiro atoms. The molecular formula is C15H18N2O2. The predicted molar refractivity (Wildman–Crippen MR) is 74.2 cm³/mol. The molecule has 0 aliphatic carbocycles. The highest BCUT2D eigenvalue weighted by Gasteiger charge is 2.08. The fourth-order valence-electron chi connectivity index (χ4n) is 1.46. The lowest BCUT2D eigenvalue weighted by Gasteiger charge is -2.06. The van der Waals surface area contributed by atoms with Crippen LogP contribution in [0, 0.1) is 17.2 Å². The summed E-state index contributed by atoms with van der Waals surface area (Å²) in [5.41, 5.74) is 0.766. The van der Waals surface area contributed by atoms with E-state index < -0.39 is 0 Å². The van der Waals surface area contributed by atoms with Gasteiger partial charge in [0, 0.05) is 6.54 Å². The number of nitrogens with one attached hydrogen (secondary N) is 1. The van der Waals surface area contributed by atoms with E-state index in [0.29, 0.717) is 18.0 Å². The lowest BCUT2D eigenvalue weighted by Crippen LogP contribution is -2.26. The van der Waals surface area contributed by atoms with Gasteiger partial charge in [-0.25, -0.2) is 0 Å². The molecule has 0 aromatic heterocycles. The van der Waals surface area contributed by atoms with Crippen LogP contribution in [0.25, 0.3) is 6.08 Å². The van der Waals surface area contributed by atoms with E-state index in [9.17, 15) is 4.79 Å². The Balaban J connectivity index is 2.69. The molecule has 0 fully saturated rings. The van der Waals surface area contributed by atoms with E-state index >= 15 is 0 Å². The highest BCUT2D eigenvalue weighted by atomic mass is 16.3. The third-order valence-corrected chi connectivity index (χ3v) is 2.58. The molecule has 2 N–H and O–H groups in total. The third kappa shape index (κ3) is 5.26. The van der Waals surface area contributed by atoms with Gasteiger partial charge in [-0.2, -0.15) is 5.26 Å². The van der Waals surface area contributed by atoms with Gasteiger partial charge in [0.2, 0.25) is 0 Å². The lowest BCUT2D eigenvalue weighted by atomic mass is 10.1. The SMILES string of the molecule is CC(C)CCNC(=O)/C(C#N)=C/c1ccc(O)cc1. The second kappa shape index (κ2) is 7.22. The monoisotopic (exact) mass is 258 g/mol. The Kier molecular flexibility index (Phi) is 5.62. The van der Waals surface area contributed by atoms with Gasteiger partial charge in [-0.15, -0.1) is 0 Å². The van der Waals surface area contributed by atoms with Crippen molar-refractivity contribution < 1.29 is 9.90 Å². The number of hydrogen-bond acceptors (Lipinski definition) is 3. The van der Waals surface area contributed by atoms with Crippen LogP contribution in [0.15, 0.2) is 29.8 Å². The maximum absolute atomic E-state index is 11.8. The van der Waals surface area contributed by atoms with Crippen LogP contribution in [0.4, 0.5) is 0 Å². The van der Waals surface area contributed by atoms with E-state index in [0.717, 1.165) is 6.42 Å². The van der Waals surface area contributed by atoms with Gasteiger partial charge in [-0.3, -0.25) is 4.79 Å². The van der Waals surface area contributed by atoms with E-state index in [1.54, 1.807) is 12.1 Å². The molecule has 0 aliphatic heterocycles. The molecule has 100 valence electrons. The maximum Gasteiger partial charge on any atom is 0.261 e. The van der Waals surface area contributed by atoms with Crippen molar-refractivity contribution in [3.05, 3.63) is 35.4 Å². The third-order valence-electron chi connectivity index (χ3n) is 2.58. The van der Waals surface area contributed by atoms with Crippen LogP contribution in [-0.2, 0) is 4.79 Å². The molecule has 0 radical (unpaired) electrons. The molecule has 0 saturated heterocycles. The molecule has 4 nitrogen and oxygen atoms in total. The van der Waals surface area contributed by atoms with Crippen LogP contribution in [-0.4, -0.2) is 17.6 Å². The summed E-state index contributed by atoms with van der Waals surface area (Å²) in [5, 5.41) is 20.9. The predicted octanol–water partition coefficient (Wildman–Crippen LogP) is 2.46. The lowest BCUT2D eigenvalue weighted by molar-refractivity contribution is -0.117. The Labute approximate surface area is 113 Å². The van der Waals surface area contributed by atoms with E-state index in [1.165, 1.54) is 18.2 Å². The topological polar surface area (TPSA) is 73.1 Å². The molecule has 0 bridgehead atoms. The van der Waals surface area contributed by atoms with Gasteiger partial charge in [0.25, 0.3) is 5.91 Å². The van der Waals surface area contributed by atoms with E-state index in [-0.39, 0.29) is 17.2 Å². The molecule has 1 aromatic rings. The highest BCUT2D eigenvalue weighted by Crippen LogP contribution is 2.12. The second-order valence-corrected chi connectivity index (χ2v) is 4.70. The fourth-order valence-corrected chi connectivity index (χ4v) is 1.46. The van der Waals surface area contributed by atoms with Gasteiger partial charge in [0.15, 0.2) is 0 Å². The van der Waals surface area contributed by atoms with Crippen LogP contribution in [0.1, 0.15) is 25.8 Å². The fraction of sp³-hybridized carbons (Fsp3) is 0.333. The normalized spacial score (nSPS) is 11.2. The summed E-state index contributed by atoms with van der Waals surface area (Å²) < 4.78 is 0. The van der Waals surface area contributed by atoms with Gasteiger partial charge in [-0.05, 0) is 36.1 Å². The van der Waals surface area contributed by atoms with Crippen LogP contribution in [0.5, 0.6) is 5.75 Å². The van der Waals surface area contributed by atoms with Gasteiger partial charge in [0.05, 0.1) is 0 Å².